The van der Waals surface area contributed by atoms with Gasteiger partial charge in [0.1, 0.15) is 12.2 Å². The Morgan fingerprint density at radius 1 is 1.45 bits per heavy atom. The molecule has 0 aromatic carbocycles. The van der Waals surface area contributed by atoms with Gasteiger partial charge in [0.05, 0.1) is 5.56 Å². The maximum atomic E-state index is 11.1. The molecular formula is C13H20BN3O2Si. The summed E-state index contributed by atoms with van der Waals surface area (Å²) >= 11 is 0. The number of ether oxygens (including phenoxy) is 1. The molecule has 2 rings (SSSR count). The molecule has 0 bridgehead atoms. The Balaban J connectivity index is 2.12. The van der Waals surface area contributed by atoms with Gasteiger partial charge in [-0.3, -0.25) is 9.78 Å². The van der Waals surface area contributed by atoms with E-state index < -0.39 is 8.07 Å². The van der Waals surface area contributed by atoms with Gasteiger partial charge in [-0.05, 0) is 6.04 Å². The number of aldehydes is 1. The molecule has 0 spiro atoms. The van der Waals surface area contributed by atoms with Crippen molar-refractivity contribution in [2.75, 3.05) is 6.61 Å². The van der Waals surface area contributed by atoms with Crippen molar-refractivity contribution in [1.82, 2.24) is 14.5 Å². The minimum absolute atomic E-state index is 0.409. The summed E-state index contributed by atoms with van der Waals surface area (Å²) < 4.78 is 7.55. The molecule has 0 amide bonds. The number of fused-ring (bicyclic) bond motifs is 1. The lowest BCUT2D eigenvalue weighted by atomic mass is 10.1. The molecule has 20 heavy (non-hydrogen) atoms. The number of carbonyl (C=O) groups excluding carboxylic acids is 1. The topological polar surface area (TPSA) is 57.0 Å². The molecule has 0 unspecified atom stereocenters. The Bertz CT molecular complexity index is 622. The van der Waals surface area contributed by atoms with Crippen molar-refractivity contribution in [3.05, 3.63) is 18.0 Å². The molecule has 2 heterocycles. The van der Waals surface area contributed by atoms with Crippen LogP contribution in [0.3, 0.4) is 0 Å². The quantitative estimate of drug-likeness (QED) is 0.449. The largest absolute Gasteiger partial charge is 0.361 e. The van der Waals surface area contributed by atoms with Gasteiger partial charge in [0.2, 0.25) is 0 Å². The van der Waals surface area contributed by atoms with Crippen LogP contribution in [0.25, 0.3) is 11.2 Å². The van der Waals surface area contributed by atoms with Gasteiger partial charge in [-0.1, -0.05) is 19.6 Å². The Hall–Kier alpha value is -1.47. The first kappa shape index (κ1) is 14.9. The third-order valence-corrected chi connectivity index (χ3v) is 4.77. The molecule has 7 heteroatoms. The summed E-state index contributed by atoms with van der Waals surface area (Å²) in [6, 6.07) is 1.12. The molecule has 2 aromatic heterocycles. The first-order valence-electron chi connectivity index (χ1n) is 6.76. The molecular weight excluding hydrogens is 269 g/mol. The summed E-state index contributed by atoms with van der Waals surface area (Å²) in [7, 11) is 0.787. The second-order valence-corrected chi connectivity index (χ2v) is 11.8. The highest BCUT2D eigenvalue weighted by molar-refractivity contribution is 6.76. The third-order valence-electron chi connectivity index (χ3n) is 3.07. The summed E-state index contributed by atoms with van der Waals surface area (Å²) in [5, 5.41) is 0. The Morgan fingerprint density at radius 2 is 2.20 bits per heavy atom. The maximum Gasteiger partial charge on any atom is 0.166 e. The second kappa shape index (κ2) is 5.89. The zero-order valence-corrected chi connectivity index (χ0v) is 13.5. The number of aromatic nitrogens is 3. The normalized spacial score (nSPS) is 11.9. The van der Waals surface area contributed by atoms with Crippen LogP contribution in [0, 0.1) is 0 Å². The van der Waals surface area contributed by atoms with Crippen LogP contribution in [0.1, 0.15) is 10.4 Å². The Kier molecular flexibility index (Phi) is 4.39. The fourth-order valence-corrected chi connectivity index (χ4v) is 2.65. The van der Waals surface area contributed by atoms with E-state index in [0.29, 0.717) is 23.5 Å². The summed E-state index contributed by atoms with van der Waals surface area (Å²) in [6.07, 6.45) is 4.27. The van der Waals surface area contributed by atoms with Crippen LogP contribution in [0.4, 0.5) is 0 Å². The highest BCUT2D eigenvalue weighted by Gasteiger charge is 2.13. The van der Waals surface area contributed by atoms with Gasteiger partial charge in [-0.2, -0.15) is 0 Å². The van der Waals surface area contributed by atoms with Gasteiger partial charge in [-0.25, -0.2) is 4.98 Å². The molecule has 2 aromatic rings. The van der Waals surface area contributed by atoms with Crippen LogP contribution in [0.15, 0.2) is 12.4 Å². The molecule has 0 saturated carbocycles. The molecule has 0 aliphatic rings. The molecule has 0 atom stereocenters. The van der Waals surface area contributed by atoms with Crippen molar-refractivity contribution in [1.29, 1.82) is 0 Å². The number of nitrogens with zero attached hydrogens (tertiary/aromatic N) is 3. The fraction of sp³-hybridized carbons (Fsp3) is 0.462. The summed E-state index contributed by atoms with van der Waals surface area (Å²) in [5.41, 5.74) is 2.71. The van der Waals surface area contributed by atoms with E-state index >= 15 is 0 Å². The Labute approximate surface area is 120 Å². The lowest BCUT2D eigenvalue weighted by Crippen LogP contribution is -2.22. The van der Waals surface area contributed by atoms with Crippen LogP contribution in [0.2, 0.25) is 25.7 Å². The lowest BCUT2D eigenvalue weighted by Gasteiger charge is -2.15. The SMILES string of the molecule is Bc1cnc2c(n1)c(C=O)cn2COCC[Si](C)(C)C. The Morgan fingerprint density at radius 3 is 2.85 bits per heavy atom. The van der Waals surface area contributed by atoms with E-state index in [1.807, 2.05) is 12.4 Å². The van der Waals surface area contributed by atoms with Gasteiger partial charge < -0.3 is 9.30 Å². The molecule has 0 fully saturated rings. The summed E-state index contributed by atoms with van der Waals surface area (Å²) in [6.45, 7) is 8.11. The van der Waals surface area contributed by atoms with E-state index in [4.69, 9.17) is 4.74 Å². The van der Waals surface area contributed by atoms with Gasteiger partial charge in [0.15, 0.2) is 19.8 Å². The zero-order valence-electron chi connectivity index (χ0n) is 12.5. The zero-order chi connectivity index (χ0) is 14.8. The summed E-state index contributed by atoms with van der Waals surface area (Å²) in [4.78, 5) is 19.8. The molecule has 5 nitrogen and oxygen atoms in total. The van der Waals surface area contributed by atoms with Crippen molar-refractivity contribution >= 4 is 39.0 Å². The van der Waals surface area contributed by atoms with Crippen molar-refractivity contribution in [2.45, 2.75) is 32.4 Å². The van der Waals surface area contributed by atoms with E-state index in [2.05, 4.69) is 29.6 Å². The maximum absolute atomic E-state index is 11.1. The number of hydrogen-bond donors (Lipinski definition) is 0. The van der Waals surface area contributed by atoms with Crippen molar-refractivity contribution in [2.24, 2.45) is 0 Å². The second-order valence-electron chi connectivity index (χ2n) is 6.20. The number of carbonyl (C=O) groups is 1. The van der Waals surface area contributed by atoms with E-state index in [9.17, 15) is 4.79 Å². The van der Waals surface area contributed by atoms with Crippen LogP contribution in [0.5, 0.6) is 0 Å². The number of rotatable bonds is 6. The van der Waals surface area contributed by atoms with Crippen molar-refractivity contribution in [3.8, 4) is 0 Å². The molecule has 0 N–H and O–H groups in total. The van der Waals surface area contributed by atoms with Crippen LogP contribution >= 0.6 is 0 Å². The molecule has 0 saturated heterocycles. The average molecular weight is 289 g/mol. The predicted molar refractivity (Wildman–Crippen MR) is 85.2 cm³/mol. The van der Waals surface area contributed by atoms with Gasteiger partial charge in [0.25, 0.3) is 0 Å². The molecule has 0 radical (unpaired) electrons. The van der Waals surface area contributed by atoms with Crippen molar-refractivity contribution < 1.29 is 9.53 Å². The first-order chi connectivity index (χ1) is 9.40. The molecule has 0 aliphatic carbocycles. The van der Waals surface area contributed by atoms with Crippen LogP contribution in [-0.4, -0.2) is 43.3 Å². The minimum Gasteiger partial charge on any atom is -0.361 e. The van der Waals surface area contributed by atoms with E-state index in [1.54, 1.807) is 12.4 Å². The van der Waals surface area contributed by atoms with Gasteiger partial charge in [0, 0.05) is 32.7 Å². The lowest BCUT2D eigenvalue weighted by molar-refractivity contribution is 0.0897. The van der Waals surface area contributed by atoms with E-state index in [-0.39, 0.29) is 0 Å². The van der Waals surface area contributed by atoms with Crippen LogP contribution < -0.4 is 5.59 Å². The highest BCUT2D eigenvalue weighted by atomic mass is 28.3. The smallest absolute Gasteiger partial charge is 0.166 e. The predicted octanol–water partition coefficient (Wildman–Crippen LogP) is 0.814. The third kappa shape index (κ3) is 3.55. The van der Waals surface area contributed by atoms with Crippen LogP contribution in [-0.2, 0) is 11.5 Å². The molecule has 106 valence electrons. The standard InChI is InChI=1S/C13H20BN3O2Si/c1-20(2,3)5-4-19-9-17-7-10(8-18)12-13(17)15-6-11(14)16-12/h6-8H,4-5,9,14H2,1-3H3. The fourth-order valence-electron chi connectivity index (χ4n) is 1.89. The number of hydrogen-bond acceptors (Lipinski definition) is 4. The average Bonchev–Trinajstić information content (AvgIpc) is 2.71. The van der Waals surface area contributed by atoms with Gasteiger partial charge >= 0.3 is 0 Å². The molecule has 0 aliphatic heterocycles. The minimum atomic E-state index is -1.08. The van der Waals surface area contributed by atoms with Gasteiger partial charge in [-0.15, -0.1) is 0 Å². The first-order valence-corrected chi connectivity index (χ1v) is 10.5. The van der Waals surface area contributed by atoms with E-state index in [0.717, 1.165) is 24.5 Å². The van der Waals surface area contributed by atoms with E-state index in [1.165, 1.54) is 0 Å². The summed E-state index contributed by atoms with van der Waals surface area (Å²) in [5.74, 6) is 0. The highest BCUT2D eigenvalue weighted by Crippen LogP contribution is 2.15. The van der Waals surface area contributed by atoms with Crippen molar-refractivity contribution in [3.63, 3.8) is 0 Å². The monoisotopic (exact) mass is 289 g/mol.